The first-order valence-electron chi connectivity index (χ1n) is 6.74. The summed E-state index contributed by atoms with van der Waals surface area (Å²) in [4.78, 5) is 4.37. The summed E-state index contributed by atoms with van der Waals surface area (Å²) < 4.78 is 17.9. The van der Waals surface area contributed by atoms with Crippen LogP contribution in [0.15, 0.2) is 22.6 Å². The van der Waals surface area contributed by atoms with Crippen molar-refractivity contribution in [2.75, 3.05) is 5.73 Å². The lowest BCUT2D eigenvalue weighted by molar-refractivity contribution is 0.500. The summed E-state index contributed by atoms with van der Waals surface area (Å²) in [6.45, 7) is 0. The Morgan fingerprint density at radius 1 is 1.32 bits per heavy atom. The molecule has 0 aliphatic heterocycles. The number of hydrogen-bond acceptors (Lipinski definition) is 4. The fourth-order valence-electron chi connectivity index (χ4n) is 2.62. The highest BCUT2D eigenvalue weighted by Crippen LogP contribution is 2.25. The standard InChI is InChI=1S/C14H18N2O2S/c15-10-6-7-12-13(8-10)18-14(16-12)9-19(17)11-4-2-1-3-5-11/h6-8,11H,1-5,9,15H2. The first-order chi connectivity index (χ1) is 9.22. The molecule has 4 nitrogen and oxygen atoms in total. The van der Waals surface area contributed by atoms with Crippen LogP contribution in [-0.4, -0.2) is 14.4 Å². The molecule has 0 saturated heterocycles. The summed E-state index contributed by atoms with van der Waals surface area (Å²) in [6.07, 6.45) is 5.80. The Morgan fingerprint density at radius 2 is 2.11 bits per heavy atom. The first-order valence-corrected chi connectivity index (χ1v) is 8.13. The average molecular weight is 278 g/mol. The molecule has 1 heterocycles. The Kier molecular flexibility index (Phi) is 3.55. The predicted octanol–water partition coefficient (Wildman–Crippen LogP) is 2.99. The Balaban J connectivity index is 1.75. The van der Waals surface area contributed by atoms with E-state index in [0.717, 1.165) is 18.4 Å². The average Bonchev–Trinajstić information content (AvgIpc) is 2.81. The van der Waals surface area contributed by atoms with E-state index in [1.54, 1.807) is 12.1 Å². The fraction of sp³-hybridized carbons (Fsp3) is 0.500. The third-order valence-corrected chi connectivity index (χ3v) is 5.39. The van der Waals surface area contributed by atoms with Crippen molar-refractivity contribution in [1.82, 2.24) is 4.98 Å². The Labute approximate surface area is 114 Å². The SMILES string of the molecule is Nc1ccc2nc(CS(=O)C3CCCCC3)oc2c1. The molecule has 0 spiro atoms. The van der Waals surface area contributed by atoms with Crippen molar-refractivity contribution >= 4 is 27.6 Å². The molecule has 3 rings (SSSR count). The second-order valence-corrected chi connectivity index (χ2v) is 6.84. The second-order valence-electron chi connectivity index (χ2n) is 5.12. The minimum Gasteiger partial charge on any atom is -0.440 e. The largest absolute Gasteiger partial charge is 0.440 e. The van der Waals surface area contributed by atoms with Crippen molar-refractivity contribution < 1.29 is 8.63 Å². The van der Waals surface area contributed by atoms with Crippen LogP contribution in [0, 0.1) is 0 Å². The number of nitrogen functional groups attached to an aromatic ring is 1. The molecule has 0 radical (unpaired) electrons. The second kappa shape index (κ2) is 5.33. The molecule has 5 heteroatoms. The molecule has 1 aliphatic rings. The molecular weight excluding hydrogens is 260 g/mol. The molecule has 102 valence electrons. The van der Waals surface area contributed by atoms with Gasteiger partial charge in [0.05, 0.1) is 0 Å². The summed E-state index contributed by atoms with van der Waals surface area (Å²) in [6, 6.07) is 5.39. The lowest BCUT2D eigenvalue weighted by Crippen LogP contribution is -2.19. The van der Waals surface area contributed by atoms with Gasteiger partial charge in [-0.15, -0.1) is 0 Å². The molecule has 1 aliphatic carbocycles. The number of benzene rings is 1. The Hall–Kier alpha value is -1.36. The number of oxazole rings is 1. The van der Waals surface area contributed by atoms with Crippen LogP contribution in [0.4, 0.5) is 5.69 Å². The van der Waals surface area contributed by atoms with Gasteiger partial charge in [-0.05, 0) is 25.0 Å². The molecule has 1 aromatic carbocycles. The van der Waals surface area contributed by atoms with Crippen molar-refractivity contribution in [3.63, 3.8) is 0 Å². The van der Waals surface area contributed by atoms with Crippen molar-refractivity contribution in [3.8, 4) is 0 Å². The molecule has 1 atom stereocenters. The van der Waals surface area contributed by atoms with E-state index in [-0.39, 0.29) is 0 Å². The third kappa shape index (κ3) is 2.81. The normalized spacial score (nSPS) is 18.7. The number of hydrogen-bond donors (Lipinski definition) is 1. The summed E-state index contributed by atoms with van der Waals surface area (Å²) in [5.41, 5.74) is 7.82. The van der Waals surface area contributed by atoms with E-state index in [4.69, 9.17) is 10.2 Å². The third-order valence-electron chi connectivity index (χ3n) is 3.65. The fourth-order valence-corrected chi connectivity index (χ4v) is 4.08. The maximum atomic E-state index is 12.3. The van der Waals surface area contributed by atoms with Crippen LogP contribution in [-0.2, 0) is 16.6 Å². The highest BCUT2D eigenvalue weighted by atomic mass is 32.2. The lowest BCUT2D eigenvalue weighted by atomic mass is 10.0. The topological polar surface area (TPSA) is 69.1 Å². The highest BCUT2D eigenvalue weighted by Gasteiger charge is 2.21. The minimum absolute atomic E-state index is 0.314. The molecule has 2 aromatic rings. The van der Waals surface area contributed by atoms with Gasteiger partial charge in [-0.2, -0.15) is 0 Å². The van der Waals surface area contributed by atoms with E-state index in [1.807, 2.05) is 6.07 Å². The van der Waals surface area contributed by atoms with Gasteiger partial charge >= 0.3 is 0 Å². The number of fused-ring (bicyclic) bond motifs is 1. The van der Waals surface area contributed by atoms with Crippen molar-refractivity contribution in [3.05, 3.63) is 24.1 Å². The highest BCUT2D eigenvalue weighted by molar-refractivity contribution is 7.84. The summed E-state index contributed by atoms with van der Waals surface area (Å²) in [5, 5.41) is 0.314. The van der Waals surface area contributed by atoms with Crippen LogP contribution in [0.2, 0.25) is 0 Å². The summed E-state index contributed by atoms with van der Waals surface area (Å²) in [5.74, 6) is 0.976. The Morgan fingerprint density at radius 3 is 2.89 bits per heavy atom. The molecule has 0 bridgehead atoms. The van der Waals surface area contributed by atoms with Gasteiger partial charge in [-0.1, -0.05) is 19.3 Å². The van der Waals surface area contributed by atoms with Gasteiger partial charge in [0.2, 0.25) is 5.89 Å². The van der Waals surface area contributed by atoms with Gasteiger partial charge < -0.3 is 10.2 Å². The van der Waals surface area contributed by atoms with Gasteiger partial charge in [0, 0.05) is 27.8 Å². The van der Waals surface area contributed by atoms with E-state index < -0.39 is 10.8 Å². The lowest BCUT2D eigenvalue weighted by Gasteiger charge is -2.19. The van der Waals surface area contributed by atoms with E-state index in [1.165, 1.54) is 19.3 Å². The number of nitrogens with zero attached hydrogens (tertiary/aromatic N) is 1. The van der Waals surface area contributed by atoms with Gasteiger partial charge in [0.15, 0.2) is 5.58 Å². The zero-order chi connectivity index (χ0) is 13.2. The maximum absolute atomic E-state index is 12.3. The smallest absolute Gasteiger partial charge is 0.208 e. The van der Waals surface area contributed by atoms with Gasteiger partial charge in [-0.3, -0.25) is 4.21 Å². The number of nitrogens with two attached hydrogens (primary N) is 1. The van der Waals surface area contributed by atoms with E-state index in [2.05, 4.69) is 4.98 Å². The van der Waals surface area contributed by atoms with Crippen LogP contribution >= 0.6 is 0 Å². The maximum Gasteiger partial charge on any atom is 0.208 e. The van der Waals surface area contributed by atoms with Crippen molar-refractivity contribution in [2.45, 2.75) is 43.1 Å². The monoisotopic (exact) mass is 278 g/mol. The van der Waals surface area contributed by atoms with Crippen molar-refractivity contribution in [1.29, 1.82) is 0 Å². The number of aromatic nitrogens is 1. The number of anilines is 1. The molecule has 0 amide bonds. The molecular formula is C14H18N2O2S. The van der Waals surface area contributed by atoms with E-state index in [9.17, 15) is 4.21 Å². The molecule has 2 N–H and O–H groups in total. The van der Waals surface area contributed by atoms with Gasteiger partial charge in [0.25, 0.3) is 0 Å². The van der Waals surface area contributed by atoms with Crippen LogP contribution in [0.3, 0.4) is 0 Å². The van der Waals surface area contributed by atoms with Crippen LogP contribution in [0.1, 0.15) is 38.0 Å². The summed E-state index contributed by atoms with van der Waals surface area (Å²) in [7, 11) is -0.877. The molecule has 19 heavy (non-hydrogen) atoms. The summed E-state index contributed by atoms with van der Waals surface area (Å²) >= 11 is 0. The molecule has 1 aromatic heterocycles. The number of rotatable bonds is 3. The van der Waals surface area contributed by atoms with E-state index >= 15 is 0 Å². The molecule has 1 fully saturated rings. The van der Waals surface area contributed by atoms with Crippen LogP contribution < -0.4 is 5.73 Å². The molecule has 1 unspecified atom stereocenters. The minimum atomic E-state index is -0.877. The van der Waals surface area contributed by atoms with Gasteiger partial charge in [-0.25, -0.2) is 4.98 Å². The molecule has 1 saturated carbocycles. The van der Waals surface area contributed by atoms with E-state index in [0.29, 0.717) is 28.2 Å². The van der Waals surface area contributed by atoms with Gasteiger partial charge in [0.1, 0.15) is 11.3 Å². The zero-order valence-corrected chi connectivity index (χ0v) is 11.6. The van der Waals surface area contributed by atoms with Crippen LogP contribution in [0.5, 0.6) is 0 Å². The zero-order valence-electron chi connectivity index (χ0n) is 10.8. The quantitative estimate of drug-likeness (QED) is 0.876. The first kappa shape index (κ1) is 12.7. The van der Waals surface area contributed by atoms with Crippen LogP contribution in [0.25, 0.3) is 11.1 Å². The van der Waals surface area contributed by atoms with Crippen molar-refractivity contribution in [2.24, 2.45) is 0 Å². The Bertz CT molecular complexity index is 603. The predicted molar refractivity (Wildman–Crippen MR) is 77.1 cm³/mol.